The number of hydrogen-bond donors (Lipinski definition) is 1. The van der Waals surface area contributed by atoms with Crippen LogP contribution in [0, 0.1) is 0 Å². The highest BCUT2D eigenvalue weighted by molar-refractivity contribution is 5.89. The van der Waals surface area contributed by atoms with Gasteiger partial charge in [0.05, 0.1) is 5.52 Å². The Bertz CT molecular complexity index is 841. The van der Waals surface area contributed by atoms with Crippen LogP contribution in [0.2, 0.25) is 0 Å². The van der Waals surface area contributed by atoms with Crippen molar-refractivity contribution in [2.75, 3.05) is 0 Å². The minimum Gasteiger partial charge on any atom is -0.464 e. The molecule has 0 radical (unpaired) electrons. The van der Waals surface area contributed by atoms with Crippen molar-refractivity contribution in [3.8, 4) is 11.6 Å². The summed E-state index contributed by atoms with van der Waals surface area (Å²) in [6, 6.07) is 8.05. The van der Waals surface area contributed by atoms with Crippen LogP contribution in [0.15, 0.2) is 42.9 Å². The predicted octanol–water partition coefficient (Wildman–Crippen LogP) is 2.56. The second-order valence-electron chi connectivity index (χ2n) is 4.19. The summed E-state index contributed by atoms with van der Waals surface area (Å²) in [6.45, 7) is 0. The Labute approximate surface area is 118 Å². The van der Waals surface area contributed by atoms with Crippen LogP contribution in [0.5, 0.6) is 11.6 Å². The van der Waals surface area contributed by atoms with Gasteiger partial charge in [0.25, 0.3) is 0 Å². The first-order chi connectivity index (χ1) is 10.2. The molecule has 104 valence electrons. The van der Waals surface area contributed by atoms with E-state index in [1.807, 2.05) is 0 Å². The van der Waals surface area contributed by atoms with Crippen molar-refractivity contribution in [3.63, 3.8) is 0 Å². The average molecular weight is 283 g/mol. The molecule has 0 aliphatic heterocycles. The van der Waals surface area contributed by atoms with Crippen molar-refractivity contribution >= 4 is 23.3 Å². The third-order valence-corrected chi connectivity index (χ3v) is 2.87. The van der Waals surface area contributed by atoms with Crippen molar-refractivity contribution in [1.29, 1.82) is 0 Å². The summed E-state index contributed by atoms with van der Waals surface area (Å²) in [5.41, 5.74) is 0.782. The largest absolute Gasteiger partial charge is 0.464 e. The van der Waals surface area contributed by atoms with E-state index >= 15 is 0 Å². The third-order valence-electron chi connectivity index (χ3n) is 2.87. The van der Waals surface area contributed by atoms with Gasteiger partial charge in [-0.1, -0.05) is 0 Å². The summed E-state index contributed by atoms with van der Waals surface area (Å²) in [4.78, 5) is 29.3. The highest BCUT2D eigenvalue weighted by Gasteiger charge is 2.08. The number of carbonyl (C=O) groups excluding carboxylic acids is 1. The van der Waals surface area contributed by atoms with Gasteiger partial charge in [-0.15, -0.1) is 0 Å². The number of benzene rings is 1. The van der Waals surface area contributed by atoms with Gasteiger partial charge in [-0.2, -0.15) is 0 Å². The maximum atomic E-state index is 11.0. The summed E-state index contributed by atoms with van der Waals surface area (Å²) in [5.74, 6) is 0.727. The molecule has 3 rings (SSSR count). The highest BCUT2D eigenvalue weighted by Crippen LogP contribution is 2.25. The molecule has 0 bridgehead atoms. The van der Waals surface area contributed by atoms with Crippen LogP contribution >= 0.6 is 0 Å². The quantitative estimate of drug-likeness (QED) is 0.742. The maximum absolute atomic E-state index is 11.0. The van der Waals surface area contributed by atoms with Gasteiger partial charge >= 0.3 is 6.09 Å². The lowest BCUT2D eigenvalue weighted by Gasteiger charge is -2.05. The van der Waals surface area contributed by atoms with E-state index < -0.39 is 6.09 Å². The summed E-state index contributed by atoms with van der Waals surface area (Å²) >= 11 is 0. The molecule has 21 heavy (non-hydrogen) atoms. The molecule has 0 unspecified atom stereocenters. The van der Waals surface area contributed by atoms with E-state index in [0.29, 0.717) is 17.6 Å². The van der Waals surface area contributed by atoms with E-state index in [4.69, 9.17) is 9.84 Å². The average Bonchev–Trinajstić information content (AvgIpc) is 2.90. The van der Waals surface area contributed by atoms with Gasteiger partial charge in [-0.25, -0.2) is 14.8 Å². The number of nitrogens with zero attached hydrogens (tertiary/aromatic N) is 3. The second kappa shape index (κ2) is 5.04. The van der Waals surface area contributed by atoms with Crippen molar-refractivity contribution in [2.45, 2.75) is 0 Å². The van der Waals surface area contributed by atoms with Gasteiger partial charge in [0.2, 0.25) is 5.88 Å². The Morgan fingerprint density at radius 2 is 2.10 bits per heavy atom. The van der Waals surface area contributed by atoms with Crippen molar-refractivity contribution in [2.24, 2.45) is 0 Å². The van der Waals surface area contributed by atoms with Gasteiger partial charge in [0.15, 0.2) is 6.29 Å². The Hall–Kier alpha value is -3.22. The number of ether oxygens (including phenoxy) is 1. The lowest BCUT2D eigenvalue weighted by atomic mass is 10.2. The monoisotopic (exact) mass is 283 g/mol. The molecule has 1 N–H and O–H groups in total. The van der Waals surface area contributed by atoms with Crippen molar-refractivity contribution in [1.82, 2.24) is 14.5 Å². The lowest BCUT2D eigenvalue weighted by molar-refractivity contribution is 0.111. The summed E-state index contributed by atoms with van der Waals surface area (Å²) in [5, 5.41) is 9.74. The molecule has 7 heteroatoms. The van der Waals surface area contributed by atoms with E-state index in [1.54, 1.807) is 24.3 Å². The number of fused-ring (bicyclic) bond motifs is 1. The molecule has 2 heterocycles. The van der Waals surface area contributed by atoms with Gasteiger partial charge in [0, 0.05) is 17.6 Å². The van der Waals surface area contributed by atoms with Gasteiger partial charge in [-0.05, 0) is 24.3 Å². The molecule has 0 atom stereocenters. The Balaban J connectivity index is 1.94. The number of hydrogen-bond acceptors (Lipinski definition) is 5. The molecule has 7 nitrogen and oxygen atoms in total. The number of rotatable bonds is 3. The number of carbonyl (C=O) groups is 2. The molecule has 3 aromatic rings. The minimum atomic E-state index is -1.05. The van der Waals surface area contributed by atoms with E-state index in [0.717, 1.165) is 9.95 Å². The van der Waals surface area contributed by atoms with E-state index in [-0.39, 0.29) is 11.6 Å². The van der Waals surface area contributed by atoms with Crippen LogP contribution in [0.4, 0.5) is 4.79 Å². The lowest BCUT2D eigenvalue weighted by Crippen LogP contribution is -2.05. The molecule has 0 saturated heterocycles. The van der Waals surface area contributed by atoms with Gasteiger partial charge in [0.1, 0.15) is 17.8 Å². The molecule has 0 aliphatic rings. The highest BCUT2D eigenvalue weighted by atomic mass is 16.5. The topological polar surface area (TPSA) is 94.3 Å². The zero-order valence-electron chi connectivity index (χ0n) is 10.6. The molecule has 0 saturated carbocycles. The van der Waals surface area contributed by atoms with Crippen molar-refractivity contribution < 1.29 is 19.4 Å². The number of aldehydes is 1. The fourth-order valence-corrected chi connectivity index (χ4v) is 1.95. The summed E-state index contributed by atoms with van der Waals surface area (Å²) in [6.07, 6.45) is 2.25. The molecule has 0 amide bonds. The van der Waals surface area contributed by atoms with Gasteiger partial charge < -0.3 is 9.84 Å². The normalized spacial score (nSPS) is 10.5. The Morgan fingerprint density at radius 1 is 1.24 bits per heavy atom. The predicted molar refractivity (Wildman–Crippen MR) is 72.9 cm³/mol. The molecule has 0 aliphatic carbocycles. The van der Waals surface area contributed by atoms with Crippen LogP contribution in [0.25, 0.3) is 10.9 Å². The standard InChI is InChI=1S/C14H9N3O4/c18-7-10-6-13(16-8-15-10)21-11-1-2-12-9(5-11)3-4-17(12)14(19)20/h1-8H,(H,19,20). The Kier molecular flexibility index (Phi) is 3.07. The minimum absolute atomic E-state index is 0.220. The molecular formula is C14H9N3O4. The van der Waals surface area contributed by atoms with Crippen LogP contribution in [0.3, 0.4) is 0 Å². The van der Waals surface area contributed by atoms with Crippen LogP contribution < -0.4 is 4.74 Å². The first kappa shape index (κ1) is 12.8. The first-order valence-corrected chi connectivity index (χ1v) is 5.97. The molecule has 1 aromatic carbocycles. The fraction of sp³-hybridized carbons (Fsp3) is 0. The van der Waals surface area contributed by atoms with E-state index in [2.05, 4.69) is 9.97 Å². The first-order valence-electron chi connectivity index (χ1n) is 5.97. The number of carboxylic acid groups (broad SMARTS) is 1. The zero-order valence-corrected chi connectivity index (χ0v) is 10.6. The zero-order chi connectivity index (χ0) is 14.8. The van der Waals surface area contributed by atoms with Crippen LogP contribution in [-0.4, -0.2) is 32.0 Å². The van der Waals surface area contributed by atoms with Gasteiger partial charge in [-0.3, -0.25) is 9.36 Å². The SMILES string of the molecule is O=Cc1cc(Oc2ccc3c(ccn3C(=O)O)c2)ncn1. The molecule has 2 aromatic heterocycles. The fourth-order valence-electron chi connectivity index (χ4n) is 1.95. The van der Waals surface area contributed by atoms with E-state index in [1.165, 1.54) is 18.6 Å². The van der Waals surface area contributed by atoms with Crippen LogP contribution in [-0.2, 0) is 0 Å². The molecule has 0 spiro atoms. The second-order valence-corrected chi connectivity index (χ2v) is 4.19. The molecule has 0 fully saturated rings. The summed E-state index contributed by atoms with van der Waals surface area (Å²) < 4.78 is 6.65. The third kappa shape index (κ3) is 2.44. The van der Waals surface area contributed by atoms with Crippen LogP contribution in [0.1, 0.15) is 10.5 Å². The maximum Gasteiger partial charge on any atom is 0.415 e. The smallest absolute Gasteiger partial charge is 0.415 e. The molecular weight excluding hydrogens is 274 g/mol. The number of aromatic nitrogens is 3. The van der Waals surface area contributed by atoms with Crippen molar-refractivity contribution in [3.05, 3.63) is 48.5 Å². The van der Waals surface area contributed by atoms with E-state index in [9.17, 15) is 9.59 Å². The Morgan fingerprint density at radius 3 is 2.86 bits per heavy atom. The summed E-state index contributed by atoms with van der Waals surface area (Å²) in [7, 11) is 0.